The molecule has 2 aromatic carbocycles. The molecule has 6 nitrogen and oxygen atoms in total. The van der Waals surface area contributed by atoms with Gasteiger partial charge < -0.3 is 4.90 Å². The third kappa shape index (κ3) is 4.34. The van der Waals surface area contributed by atoms with Gasteiger partial charge in [0.25, 0.3) is 5.91 Å². The van der Waals surface area contributed by atoms with Gasteiger partial charge in [0.2, 0.25) is 10.0 Å². The number of hydrogen-bond acceptors (Lipinski definition) is 4. The maximum absolute atomic E-state index is 13.1. The molecule has 1 aliphatic heterocycles. The second-order valence-electron chi connectivity index (χ2n) is 8.86. The van der Waals surface area contributed by atoms with E-state index in [2.05, 4.69) is 25.8 Å². The van der Waals surface area contributed by atoms with Gasteiger partial charge >= 0.3 is 0 Å². The topological polar surface area (TPSA) is 70.6 Å². The van der Waals surface area contributed by atoms with Crippen LogP contribution < -0.4 is 0 Å². The van der Waals surface area contributed by atoms with Gasteiger partial charge in [0.15, 0.2) is 0 Å². The average Bonchev–Trinajstić information content (AvgIpc) is 2.78. The summed E-state index contributed by atoms with van der Waals surface area (Å²) in [7, 11) is -3.59. The van der Waals surface area contributed by atoms with Crippen LogP contribution in [0.4, 0.5) is 0 Å². The Labute approximate surface area is 183 Å². The molecule has 0 radical (unpaired) electrons. The van der Waals surface area contributed by atoms with Gasteiger partial charge in [0.05, 0.1) is 10.4 Å². The van der Waals surface area contributed by atoms with E-state index >= 15 is 0 Å². The molecule has 4 rings (SSSR count). The summed E-state index contributed by atoms with van der Waals surface area (Å²) >= 11 is 0. The lowest BCUT2D eigenvalue weighted by molar-refractivity contribution is 0.0692. The Balaban J connectivity index is 1.45. The SMILES string of the molecule is CC(C)(C)c1ccc(S(=O)(=O)N2CCN(C(=O)c3ccc4ccccc4n3)CC2)cc1. The summed E-state index contributed by atoms with van der Waals surface area (Å²) in [4.78, 5) is 19.3. The number of sulfonamides is 1. The molecule has 2 heterocycles. The van der Waals surface area contributed by atoms with Crippen molar-refractivity contribution in [3.8, 4) is 0 Å². The van der Waals surface area contributed by atoms with E-state index < -0.39 is 10.0 Å². The molecule has 31 heavy (non-hydrogen) atoms. The minimum Gasteiger partial charge on any atom is -0.335 e. The molecule has 1 fully saturated rings. The van der Waals surface area contributed by atoms with Crippen molar-refractivity contribution in [2.45, 2.75) is 31.1 Å². The molecule has 3 aromatic rings. The fraction of sp³-hybridized carbons (Fsp3) is 0.333. The van der Waals surface area contributed by atoms with Gasteiger partial charge in [-0.25, -0.2) is 13.4 Å². The molecule has 0 saturated carbocycles. The van der Waals surface area contributed by atoms with Crippen molar-refractivity contribution in [2.24, 2.45) is 0 Å². The van der Waals surface area contributed by atoms with Crippen molar-refractivity contribution in [2.75, 3.05) is 26.2 Å². The van der Waals surface area contributed by atoms with Crippen molar-refractivity contribution >= 4 is 26.8 Å². The zero-order valence-corrected chi connectivity index (χ0v) is 18.9. The van der Waals surface area contributed by atoms with Gasteiger partial charge in [-0.1, -0.05) is 57.2 Å². The summed E-state index contributed by atoms with van der Waals surface area (Å²) in [5, 5.41) is 0.979. The van der Waals surface area contributed by atoms with Crippen molar-refractivity contribution in [3.63, 3.8) is 0 Å². The Bertz CT molecular complexity index is 1210. The largest absolute Gasteiger partial charge is 0.335 e. The van der Waals surface area contributed by atoms with E-state index in [1.165, 1.54) is 4.31 Å². The van der Waals surface area contributed by atoms with E-state index in [0.717, 1.165) is 16.5 Å². The van der Waals surface area contributed by atoms with Crippen molar-refractivity contribution in [1.82, 2.24) is 14.2 Å². The molecule has 1 saturated heterocycles. The highest BCUT2D eigenvalue weighted by molar-refractivity contribution is 7.89. The highest BCUT2D eigenvalue weighted by Gasteiger charge is 2.31. The number of rotatable bonds is 3. The molecular weight excluding hydrogens is 410 g/mol. The summed E-state index contributed by atoms with van der Waals surface area (Å²) < 4.78 is 27.6. The fourth-order valence-corrected chi connectivity index (χ4v) is 5.18. The number of benzene rings is 2. The van der Waals surface area contributed by atoms with Gasteiger partial charge in [0.1, 0.15) is 5.69 Å². The van der Waals surface area contributed by atoms with Gasteiger partial charge in [-0.15, -0.1) is 0 Å². The Hall–Kier alpha value is -2.77. The number of para-hydroxylation sites is 1. The van der Waals surface area contributed by atoms with Crippen LogP contribution in [0.2, 0.25) is 0 Å². The number of nitrogens with zero attached hydrogens (tertiary/aromatic N) is 3. The molecule has 0 bridgehead atoms. The second-order valence-corrected chi connectivity index (χ2v) is 10.8. The summed E-state index contributed by atoms with van der Waals surface area (Å²) in [5.41, 5.74) is 2.20. The van der Waals surface area contributed by atoms with E-state index in [-0.39, 0.29) is 29.3 Å². The second kappa shape index (κ2) is 8.05. The van der Waals surface area contributed by atoms with Crippen LogP contribution in [0.3, 0.4) is 0 Å². The number of pyridine rings is 1. The minimum atomic E-state index is -3.59. The van der Waals surface area contributed by atoms with Crippen LogP contribution in [0.5, 0.6) is 0 Å². The van der Waals surface area contributed by atoms with E-state index in [4.69, 9.17) is 0 Å². The molecular formula is C24H27N3O3S. The first-order chi connectivity index (χ1) is 14.7. The predicted molar refractivity (Wildman–Crippen MR) is 122 cm³/mol. The number of hydrogen-bond donors (Lipinski definition) is 0. The van der Waals surface area contributed by atoms with E-state index in [1.807, 2.05) is 42.5 Å². The van der Waals surface area contributed by atoms with Crippen LogP contribution in [0.1, 0.15) is 36.8 Å². The van der Waals surface area contributed by atoms with Gasteiger partial charge in [0, 0.05) is 31.6 Å². The summed E-state index contributed by atoms with van der Waals surface area (Å²) in [6.45, 7) is 7.50. The first kappa shape index (κ1) is 21.5. The molecule has 1 amide bonds. The van der Waals surface area contributed by atoms with Crippen LogP contribution in [0, 0.1) is 0 Å². The monoisotopic (exact) mass is 437 g/mol. The third-order valence-corrected chi connectivity index (χ3v) is 7.61. The summed E-state index contributed by atoms with van der Waals surface area (Å²) in [5.74, 6) is -0.169. The Morgan fingerprint density at radius 1 is 0.871 bits per heavy atom. The lowest BCUT2D eigenvalue weighted by atomic mass is 9.87. The molecule has 0 aliphatic carbocycles. The first-order valence-electron chi connectivity index (χ1n) is 10.4. The lowest BCUT2D eigenvalue weighted by Crippen LogP contribution is -2.50. The fourth-order valence-electron chi connectivity index (χ4n) is 3.75. The van der Waals surface area contributed by atoms with Gasteiger partial charge in [-0.05, 0) is 35.2 Å². The first-order valence-corrected chi connectivity index (χ1v) is 11.9. The molecule has 0 N–H and O–H groups in total. The average molecular weight is 438 g/mol. The van der Waals surface area contributed by atoms with Crippen LogP contribution >= 0.6 is 0 Å². The van der Waals surface area contributed by atoms with E-state index in [0.29, 0.717) is 18.8 Å². The summed E-state index contributed by atoms with van der Waals surface area (Å²) in [6.07, 6.45) is 0. The van der Waals surface area contributed by atoms with Crippen LogP contribution in [0.25, 0.3) is 10.9 Å². The van der Waals surface area contributed by atoms with E-state index in [9.17, 15) is 13.2 Å². The molecule has 0 spiro atoms. The van der Waals surface area contributed by atoms with Crippen molar-refractivity contribution in [3.05, 3.63) is 71.9 Å². The standard InChI is InChI=1S/C24H27N3O3S/c1-24(2,3)19-9-11-20(12-10-19)31(29,30)27-16-14-26(15-17-27)23(28)22-13-8-18-6-4-5-7-21(18)25-22/h4-13H,14-17H2,1-3H3. The van der Waals surface area contributed by atoms with Gasteiger partial charge in [-0.3, -0.25) is 4.79 Å². The van der Waals surface area contributed by atoms with Crippen LogP contribution in [0.15, 0.2) is 65.6 Å². The smallest absolute Gasteiger partial charge is 0.272 e. The zero-order valence-electron chi connectivity index (χ0n) is 18.1. The van der Waals surface area contributed by atoms with E-state index in [1.54, 1.807) is 23.1 Å². The molecule has 1 aromatic heterocycles. The number of carbonyl (C=O) groups excluding carboxylic acids is 1. The molecule has 162 valence electrons. The normalized spacial score (nSPS) is 15.9. The third-order valence-electron chi connectivity index (χ3n) is 5.70. The Morgan fingerprint density at radius 2 is 1.52 bits per heavy atom. The number of aromatic nitrogens is 1. The zero-order chi connectivity index (χ0) is 22.2. The van der Waals surface area contributed by atoms with Gasteiger partial charge in [-0.2, -0.15) is 4.31 Å². The number of amides is 1. The van der Waals surface area contributed by atoms with Crippen molar-refractivity contribution < 1.29 is 13.2 Å². The summed E-state index contributed by atoms with van der Waals surface area (Å²) in [6, 6.07) is 18.4. The molecule has 0 atom stereocenters. The van der Waals surface area contributed by atoms with Crippen LogP contribution in [-0.4, -0.2) is 54.7 Å². The maximum Gasteiger partial charge on any atom is 0.272 e. The van der Waals surface area contributed by atoms with Crippen molar-refractivity contribution in [1.29, 1.82) is 0 Å². The lowest BCUT2D eigenvalue weighted by Gasteiger charge is -2.34. The number of fused-ring (bicyclic) bond motifs is 1. The quantitative estimate of drug-likeness (QED) is 0.627. The predicted octanol–water partition coefficient (Wildman–Crippen LogP) is 3.68. The highest BCUT2D eigenvalue weighted by atomic mass is 32.2. The maximum atomic E-state index is 13.1. The highest BCUT2D eigenvalue weighted by Crippen LogP contribution is 2.25. The molecule has 7 heteroatoms. The Morgan fingerprint density at radius 3 is 2.16 bits per heavy atom. The number of carbonyl (C=O) groups is 1. The number of piperazine rings is 1. The minimum absolute atomic E-state index is 0.0366. The molecule has 1 aliphatic rings. The molecule has 0 unspecified atom stereocenters. The Kier molecular flexibility index (Phi) is 5.58. The van der Waals surface area contributed by atoms with Crippen LogP contribution in [-0.2, 0) is 15.4 Å².